The minimum atomic E-state index is -1.06. The molecule has 1 amide bonds. The van der Waals surface area contributed by atoms with Crippen LogP contribution in [-0.4, -0.2) is 37.5 Å². The van der Waals surface area contributed by atoms with Crippen LogP contribution in [0.3, 0.4) is 0 Å². The van der Waals surface area contributed by atoms with Crippen LogP contribution in [0.1, 0.15) is 41.5 Å². The maximum Gasteiger partial charge on any atom is 0.339 e. The summed E-state index contributed by atoms with van der Waals surface area (Å²) in [6.07, 6.45) is -1.06. The molecule has 29 heavy (non-hydrogen) atoms. The predicted molar refractivity (Wildman–Crippen MR) is 109 cm³/mol. The minimum Gasteiger partial charge on any atom is -0.493 e. The number of amides is 1. The first-order chi connectivity index (χ1) is 13.8. The van der Waals surface area contributed by atoms with Gasteiger partial charge in [0, 0.05) is 11.3 Å². The van der Waals surface area contributed by atoms with Crippen molar-refractivity contribution in [3.8, 4) is 11.5 Å². The number of benzene rings is 2. The number of ketones is 1. The van der Waals surface area contributed by atoms with Crippen molar-refractivity contribution in [1.82, 2.24) is 0 Å². The van der Waals surface area contributed by atoms with Crippen LogP contribution in [-0.2, 0) is 9.53 Å². The van der Waals surface area contributed by atoms with Gasteiger partial charge >= 0.3 is 5.97 Å². The van der Waals surface area contributed by atoms with Gasteiger partial charge < -0.3 is 19.5 Å². The van der Waals surface area contributed by atoms with Crippen molar-refractivity contribution in [3.05, 3.63) is 52.5 Å². The molecule has 7 nitrogen and oxygen atoms in total. The number of anilines is 1. The highest BCUT2D eigenvalue weighted by atomic mass is 35.5. The molecule has 2 rings (SSSR count). The van der Waals surface area contributed by atoms with E-state index in [0.29, 0.717) is 23.6 Å². The van der Waals surface area contributed by atoms with E-state index in [1.54, 1.807) is 31.2 Å². The monoisotopic (exact) mass is 419 g/mol. The molecule has 0 saturated carbocycles. The molecule has 0 aliphatic heterocycles. The van der Waals surface area contributed by atoms with E-state index < -0.39 is 18.0 Å². The number of hydrogen-bond donors (Lipinski definition) is 1. The molecule has 0 radical (unpaired) electrons. The summed E-state index contributed by atoms with van der Waals surface area (Å²) in [5.41, 5.74) is 1.14. The third-order valence-corrected chi connectivity index (χ3v) is 4.25. The van der Waals surface area contributed by atoms with Crippen LogP contribution < -0.4 is 14.8 Å². The maximum atomic E-state index is 12.4. The van der Waals surface area contributed by atoms with Gasteiger partial charge in [0.2, 0.25) is 0 Å². The number of ether oxygens (including phenoxy) is 3. The maximum absolute atomic E-state index is 12.4. The van der Waals surface area contributed by atoms with Gasteiger partial charge in [-0.05, 0) is 57.2 Å². The summed E-state index contributed by atoms with van der Waals surface area (Å²) in [6, 6.07) is 9.22. The van der Waals surface area contributed by atoms with Gasteiger partial charge in [-0.1, -0.05) is 11.6 Å². The Morgan fingerprint density at radius 3 is 2.31 bits per heavy atom. The number of rotatable bonds is 8. The summed E-state index contributed by atoms with van der Waals surface area (Å²) in [4.78, 5) is 36.0. The van der Waals surface area contributed by atoms with E-state index in [2.05, 4.69) is 5.32 Å². The molecule has 0 fully saturated rings. The highest BCUT2D eigenvalue weighted by Crippen LogP contribution is 2.36. The van der Waals surface area contributed by atoms with Crippen molar-refractivity contribution in [2.45, 2.75) is 26.9 Å². The molecule has 2 aromatic rings. The van der Waals surface area contributed by atoms with E-state index in [9.17, 15) is 14.4 Å². The minimum absolute atomic E-state index is 0.0744. The van der Waals surface area contributed by atoms with Crippen LogP contribution in [0.5, 0.6) is 11.5 Å². The normalized spacial score (nSPS) is 11.3. The highest BCUT2D eigenvalue weighted by Gasteiger charge is 2.22. The Hall–Kier alpha value is -3.06. The average Bonchev–Trinajstić information content (AvgIpc) is 2.69. The third kappa shape index (κ3) is 5.71. The zero-order valence-corrected chi connectivity index (χ0v) is 17.3. The first-order valence-electron chi connectivity index (χ1n) is 8.90. The molecule has 2 aromatic carbocycles. The molecule has 0 heterocycles. The van der Waals surface area contributed by atoms with Crippen LogP contribution in [0.15, 0.2) is 36.4 Å². The fourth-order valence-electron chi connectivity index (χ4n) is 2.44. The molecule has 0 saturated heterocycles. The number of methoxy groups -OCH3 is 1. The first-order valence-corrected chi connectivity index (χ1v) is 9.27. The lowest BCUT2D eigenvalue weighted by atomic mass is 10.1. The number of Topliss-reactive ketones (excluding diaryl/α,β-unsaturated/α-hetero) is 1. The second-order valence-electron chi connectivity index (χ2n) is 6.09. The fourth-order valence-corrected chi connectivity index (χ4v) is 2.70. The number of hydrogen-bond acceptors (Lipinski definition) is 6. The molecule has 154 valence electrons. The predicted octanol–water partition coefficient (Wildman–Crippen LogP) is 4.13. The van der Waals surface area contributed by atoms with Crippen molar-refractivity contribution < 1.29 is 28.6 Å². The van der Waals surface area contributed by atoms with Gasteiger partial charge in [-0.25, -0.2) is 4.79 Å². The number of halogens is 1. The molecule has 0 unspecified atom stereocenters. The molecular weight excluding hydrogens is 398 g/mol. The number of esters is 1. The zero-order chi connectivity index (χ0) is 21.6. The Kier molecular flexibility index (Phi) is 7.61. The van der Waals surface area contributed by atoms with E-state index >= 15 is 0 Å². The van der Waals surface area contributed by atoms with Crippen LogP contribution in [0, 0.1) is 0 Å². The molecule has 1 N–H and O–H groups in total. The highest BCUT2D eigenvalue weighted by molar-refractivity contribution is 6.32. The Bertz CT molecular complexity index is 910. The summed E-state index contributed by atoms with van der Waals surface area (Å²) in [6.45, 7) is 5.08. The molecule has 0 aliphatic rings. The molecule has 0 aliphatic carbocycles. The van der Waals surface area contributed by atoms with Crippen molar-refractivity contribution >= 4 is 34.9 Å². The lowest BCUT2D eigenvalue weighted by Crippen LogP contribution is -2.30. The van der Waals surface area contributed by atoms with E-state index in [-0.39, 0.29) is 22.1 Å². The molecule has 8 heteroatoms. The molecule has 0 aromatic heterocycles. The van der Waals surface area contributed by atoms with Crippen LogP contribution in [0.25, 0.3) is 0 Å². The zero-order valence-electron chi connectivity index (χ0n) is 16.6. The van der Waals surface area contributed by atoms with Gasteiger partial charge in [0.05, 0.1) is 24.3 Å². The lowest BCUT2D eigenvalue weighted by molar-refractivity contribution is -0.123. The Morgan fingerprint density at radius 1 is 1.10 bits per heavy atom. The summed E-state index contributed by atoms with van der Waals surface area (Å²) in [5.74, 6) is -0.711. The Morgan fingerprint density at radius 2 is 1.76 bits per heavy atom. The van der Waals surface area contributed by atoms with Crippen molar-refractivity contribution in [3.63, 3.8) is 0 Å². The quantitative estimate of drug-likeness (QED) is 0.511. The summed E-state index contributed by atoms with van der Waals surface area (Å²) in [7, 11) is 1.43. The van der Waals surface area contributed by atoms with E-state index in [1.807, 2.05) is 0 Å². The molecular formula is C21H22ClNO6. The topological polar surface area (TPSA) is 90.9 Å². The van der Waals surface area contributed by atoms with Gasteiger partial charge in [-0.15, -0.1) is 0 Å². The smallest absolute Gasteiger partial charge is 0.339 e. The van der Waals surface area contributed by atoms with E-state index in [0.717, 1.165) is 0 Å². The number of nitrogens with one attached hydrogen (secondary N) is 1. The van der Waals surface area contributed by atoms with E-state index in [4.69, 9.17) is 25.8 Å². The third-order valence-electron chi connectivity index (χ3n) is 3.97. The summed E-state index contributed by atoms with van der Waals surface area (Å²) in [5, 5.41) is 2.82. The number of carbonyl (C=O) groups excluding carboxylic acids is 3. The van der Waals surface area contributed by atoms with Crippen molar-refractivity contribution in [1.29, 1.82) is 0 Å². The first kappa shape index (κ1) is 22.2. The fraction of sp³-hybridized carbons (Fsp3) is 0.286. The van der Waals surface area contributed by atoms with Crippen LogP contribution in [0.4, 0.5) is 5.69 Å². The average molecular weight is 420 g/mol. The van der Waals surface area contributed by atoms with Gasteiger partial charge in [-0.2, -0.15) is 0 Å². The second-order valence-corrected chi connectivity index (χ2v) is 6.50. The SMILES string of the molecule is CCOc1c(Cl)cc(C(=O)O[C@@H](C)C(=O)Nc2ccc(C(C)=O)cc2)cc1OC. The summed E-state index contributed by atoms with van der Waals surface area (Å²) < 4.78 is 15.8. The standard InChI is InChI=1S/C21H22ClNO6/c1-5-28-19-17(22)10-15(11-18(19)27-4)21(26)29-13(3)20(25)23-16-8-6-14(7-9-16)12(2)24/h6-11,13H,5H2,1-4H3,(H,23,25)/t13-/m0/s1. The molecule has 0 bridgehead atoms. The number of carbonyl (C=O) groups is 3. The largest absolute Gasteiger partial charge is 0.493 e. The van der Waals surface area contributed by atoms with E-state index in [1.165, 1.54) is 33.1 Å². The van der Waals surface area contributed by atoms with Gasteiger partial charge in [0.25, 0.3) is 5.91 Å². The molecule has 0 spiro atoms. The van der Waals surface area contributed by atoms with Gasteiger partial charge in [-0.3, -0.25) is 9.59 Å². The van der Waals surface area contributed by atoms with Crippen molar-refractivity contribution in [2.75, 3.05) is 19.0 Å². The molecule has 1 atom stereocenters. The van der Waals surface area contributed by atoms with Gasteiger partial charge in [0.1, 0.15) is 0 Å². The Balaban J connectivity index is 2.06. The summed E-state index contributed by atoms with van der Waals surface area (Å²) >= 11 is 6.16. The van der Waals surface area contributed by atoms with Gasteiger partial charge in [0.15, 0.2) is 23.4 Å². The van der Waals surface area contributed by atoms with Crippen LogP contribution >= 0.6 is 11.6 Å². The lowest BCUT2D eigenvalue weighted by Gasteiger charge is -2.15. The van der Waals surface area contributed by atoms with Crippen molar-refractivity contribution in [2.24, 2.45) is 0 Å². The second kappa shape index (κ2) is 9.93. The van der Waals surface area contributed by atoms with Crippen LogP contribution in [0.2, 0.25) is 5.02 Å². The Labute approximate surface area is 173 Å².